The molecule has 0 spiro atoms. The van der Waals surface area contributed by atoms with Gasteiger partial charge in [-0.25, -0.2) is 0 Å². The highest BCUT2D eigenvalue weighted by Gasteiger charge is 2.01. The van der Waals surface area contributed by atoms with Crippen LogP contribution in [0.4, 0.5) is 0 Å². The van der Waals surface area contributed by atoms with E-state index in [1.165, 1.54) is 38.4 Å². The zero-order valence-corrected chi connectivity index (χ0v) is 26.4. The van der Waals surface area contributed by atoms with Crippen LogP contribution in [0.2, 0.25) is 0 Å². The van der Waals surface area contributed by atoms with E-state index >= 15 is 0 Å². The highest BCUT2D eigenvalue weighted by molar-refractivity contribution is 4.81. The molecule has 1 aliphatic carbocycles. The zero-order valence-electron chi connectivity index (χ0n) is 26.4. The van der Waals surface area contributed by atoms with Crippen LogP contribution in [0, 0.1) is 29.6 Å². The van der Waals surface area contributed by atoms with E-state index in [0.29, 0.717) is 11.8 Å². The van der Waals surface area contributed by atoms with Crippen LogP contribution in [0.5, 0.6) is 0 Å². The Balaban J connectivity index is -0.0000000948. The van der Waals surface area contributed by atoms with E-state index in [0.717, 1.165) is 29.6 Å². The summed E-state index contributed by atoms with van der Waals surface area (Å²) in [6.07, 6.45) is 8.91. The van der Waals surface area contributed by atoms with E-state index in [4.69, 9.17) is 4.52 Å². The van der Waals surface area contributed by atoms with Crippen LogP contribution < -0.4 is 0 Å². The summed E-state index contributed by atoms with van der Waals surface area (Å²) in [5, 5.41) is 3.46. The molecular weight excluding hydrogens is 404 g/mol. The van der Waals surface area contributed by atoms with E-state index in [1.807, 2.05) is 13.8 Å². The minimum atomic E-state index is 0.345. The molecule has 0 aliphatic heterocycles. The molecule has 1 heterocycles. The molecule has 0 saturated heterocycles. The van der Waals surface area contributed by atoms with Crippen molar-refractivity contribution in [3.8, 4) is 0 Å². The van der Waals surface area contributed by atoms with Crippen molar-refractivity contribution in [3.05, 3.63) is 12.2 Å². The molecule has 1 aliphatic rings. The quantitative estimate of drug-likeness (QED) is 0.408. The first-order chi connectivity index (χ1) is 15.0. The third-order valence-electron chi connectivity index (χ3n) is 2.12. The van der Waals surface area contributed by atoms with Gasteiger partial charge in [0.05, 0.1) is 0 Å². The maximum Gasteiger partial charge on any atom is 0.228 e. The summed E-state index contributed by atoms with van der Waals surface area (Å²) in [6, 6.07) is 0. The molecular formula is C30H68N2O. The monoisotopic (exact) mass is 473 g/mol. The molecule has 0 atom stereocenters. The van der Waals surface area contributed by atoms with Crippen molar-refractivity contribution in [1.82, 2.24) is 10.1 Å². The zero-order chi connectivity index (χ0) is 27.4. The fourth-order valence-corrected chi connectivity index (χ4v) is 1.32. The van der Waals surface area contributed by atoms with Crippen LogP contribution >= 0.6 is 0 Å². The number of nitrogens with zero attached hydrogens (tertiary/aromatic N) is 2. The molecule has 1 fully saturated rings. The van der Waals surface area contributed by atoms with E-state index in [9.17, 15) is 0 Å². The van der Waals surface area contributed by atoms with Gasteiger partial charge < -0.3 is 4.52 Å². The normalized spacial score (nSPS) is 11.6. The van der Waals surface area contributed by atoms with Crippen molar-refractivity contribution in [1.29, 1.82) is 0 Å². The first-order valence-electron chi connectivity index (χ1n) is 13.7. The van der Waals surface area contributed by atoms with Crippen molar-refractivity contribution in [3.63, 3.8) is 0 Å². The van der Waals surface area contributed by atoms with Crippen molar-refractivity contribution in [2.75, 3.05) is 0 Å². The summed E-state index contributed by atoms with van der Waals surface area (Å²) in [4.78, 5) is 3.84. The molecule has 0 unspecified atom stereocenters. The lowest BCUT2D eigenvalue weighted by molar-refractivity contribution is 0.364. The lowest BCUT2D eigenvalue weighted by atomic mass is 10.2. The average Bonchev–Trinajstić information content (AvgIpc) is 3.29. The van der Waals surface area contributed by atoms with E-state index < -0.39 is 0 Å². The second-order valence-corrected chi connectivity index (χ2v) is 12.4. The average molecular weight is 473 g/mol. The number of rotatable bonds is 1. The third kappa shape index (κ3) is 115. The molecule has 1 aromatic rings. The van der Waals surface area contributed by atoms with Gasteiger partial charge in [-0.3, -0.25) is 0 Å². The molecule has 0 radical (unpaired) electrons. The van der Waals surface area contributed by atoms with E-state index in [1.54, 1.807) is 0 Å². The Kier molecular flexibility index (Phi) is 42.7. The van der Waals surface area contributed by atoms with Gasteiger partial charge in [-0.2, -0.15) is 4.98 Å². The first-order valence-corrected chi connectivity index (χ1v) is 13.7. The summed E-state index contributed by atoms with van der Waals surface area (Å²) in [6.45, 7) is 36.5. The molecule has 2 rings (SSSR count). The van der Waals surface area contributed by atoms with Gasteiger partial charge >= 0.3 is 0 Å². The smallest absolute Gasteiger partial charge is 0.228 e. The molecule has 0 N–H and O–H groups in total. The number of hydrogen-bond donors (Lipinski definition) is 0. The van der Waals surface area contributed by atoms with Gasteiger partial charge in [0, 0.05) is 5.92 Å². The van der Waals surface area contributed by atoms with Gasteiger partial charge in [-0.1, -0.05) is 155 Å². The minimum absolute atomic E-state index is 0.345. The van der Waals surface area contributed by atoms with Crippen molar-refractivity contribution in [2.24, 2.45) is 29.6 Å². The first kappa shape index (κ1) is 42.3. The second-order valence-electron chi connectivity index (χ2n) is 12.4. The molecule has 1 aromatic heterocycles. The largest absolute Gasteiger partial charge is 0.339 e. The lowest BCUT2D eigenvalue weighted by Gasteiger charge is -1.90. The summed E-state index contributed by atoms with van der Waals surface area (Å²) in [5.41, 5.74) is 0. The Bertz CT molecular complexity index is 333. The Morgan fingerprint density at radius 1 is 0.485 bits per heavy atom. The Hall–Kier alpha value is -0.860. The molecule has 3 heteroatoms. The van der Waals surface area contributed by atoms with Crippen molar-refractivity contribution < 1.29 is 4.52 Å². The predicted molar refractivity (Wildman–Crippen MR) is 154 cm³/mol. The van der Waals surface area contributed by atoms with Crippen LogP contribution in [0.15, 0.2) is 10.9 Å². The highest BCUT2D eigenvalue weighted by atomic mass is 16.5. The molecule has 204 valence electrons. The van der Waals surface area contributed by atoms with Crippen molar-refractivity contribution in [2.45, 2.75) is 156 Å². The van der Waals surface area contributed by atoms with Gasteiger partial charge in [0.15, 0.2) is 6.33 Å². The van der Waals surface area contributed by atoms with E-state index in [-0.39, 0.29) is 0 Å². The topological polar surface area (TPSA) is 38.9 Å². The van der Waals surface area contributed by atoms with Crippen LogP contribution in [0.3, 0.4) is 0 Å². The Labute approximate surface area is 212 Å². The van der Waals surface area contributed by atoms with Gasteiger partial charge in [0.25, 0.3) is 0 Å². The molecule has 0 amide bonds. The van der Waals surface area contributed by atoms with Crippen LogP contribution in [0.25, 0.3) is 0 Å². The van der Waals surface area contributed by atoms with Crippen LogP contribution in [-0.2, 0) is 0 Å². The Morgan fingerprint density at radius 3 is 0.788 bits per heavy atom. The summed E-state index contributed by atoms with van der Waals surface area (Å²) >= 11 is 0. The molecule has 0 bridgehead atoms. The van der Waals surface area contributed by atoms with E-state index in [2.05, 4.69) is 114 Å². The molecule has 33 heavy (non-hydrogen) atoms. The SMILES string of the molecule is C1CCCC1.CC(C)C.CC(C)C.CC(C)C.CC(C)C.CC(C)C.CC(C)c1ncno1. The van der Waals surface area contributed by atoms with Gasteiger partial charge in [0.2, 0.25) is 5.89 Å². The fraction of sp³-hybridized carbons (Fsp3) is 0.933. The summed E-state index contributed by atoms with van der Waals surface area (Å²) in [5.74, 6) is 5.21. The minimum Gasteiger partial charge on any atom is -0.339 e. The van der Waals surface area contributed by atoms with Gasteiger partial charge in [0.1, 0.15) is 0 Å². The standard InChI is InChI=1S/C5H8N2O.C5H10.5C4H10/c1-4(2)5-6-3-7-8-5;1-2-4-5-3-1;5*1-4(2)3/h3-4H,1-2H3;1-5H2;5*4H,1-3H3. The van der Waals surface area contributed by atoms with Crippen LogP contribution in [-0.4, -0.2) is 10.1 Å². The second kappa shape index (κ2) is 33.3. The van der Waals surface area contributed by atoms with Gasteiger partial charge in [-0.05, 0) is 29.6 Å². The third-order valence-corrected chi connectivity index (χ3v) is 2.12. The highest BCUT2D eigenvalue weighted by Crippen LogP contribution is 2.15. The summed E-state index contributed by atoms with van der Waals surface area (Å²) in [7, 11) is 0. The molecule has 3 nitrogen and oxygen atoms in total. The number of aromatic nitrogens is 2. The molecule has 1 saturated carbocycles. The number of hydrogen-bond acceptors (Lipinski definition) is 3. The maximum atomic E-state index is 4.73. The maximum absolute atomic E-state index is 4.73. The Morgan fingerprint density at radius 2 is 0.697 bits per heavy atom. The predicted octanol–water partition coefficient (Wildman–Crippen LogP) is 11.5. The lowest BCUT2D eigenvalue weighted by Crippen LogP contribution is -1.84. The van der Waals surface area contributed by atoms with Crippen LogP contribution in [0.1, 0.15) is 162 Å². The molecule has 0 aromatic carbocycles. The van der Waals surface area contributed by atoms with Crippen molar-refractivity contribution >= 4 is 0 Å². The fourth-order valence-electron chi connectivity index (χ4n) is 1.32. The summed E-state index contributed by atoms with van der Waals surface area (Å²) < 4.78 is 4.73. The van der Waals surface area contributed by atoms with Gasteiger partial charge in [-0.15, -0.1) is 0 Å².